The van der Waals surface area contributed by atoms with Crippen molar-refractivity contribution in [2.75, 3.05) is 11.5 Å². The standard InChI is InChI=1S/C18H16N6S2/c19-9-13(11-23-25-17-7-3-1-5-15(17)21)14(10-20)12-24-26-18-8-4-2-6-16(18)22/h1-8,11-12,23-24H,21-22H2/b13-11+,14-12+. The summed E-state index contributed by atoms with van der Waals surface area (Å²) < 4.78 is 5.86. The molecule has 0 aliphatic heterocycles. The molecule has 0 unspecified atom stereocenters. The van der Waals surface area contributed by atoms with Crippen LogP contribution in [0.2, 0.25) is 0 Å². The second kappa shape index (κ2) is 9.94. The number of hydrogen-bond acceptors (Lipinski definition) is 8. The van der Waals surface area contributed by atoms with Gasteiger partial charge in [0.15, 0.2) is 0 Å². The highest BCUT2D eigenvalue weighted by Crippen LogP contribution is 2.23. The Kier molecular flexibility index (Phi) is 7.31. The van der Waals surface area contributed by atoms with Crippen LogP contribution in [-0.4, -0.2) is 0 Å². The van der Waals surface area contributed by atoms with Crippen molar-refractivity contribution in [1.82, 2.24) is 9.44 Å². The highest BCUT2D eigenvalue weighted by molar-refractivity contribution is 7.97. The number of allylic oxidation sites excluding steroid dienone is 2. The summed E-state index contributed by atoms with van der Waals surface area (Å²) in [6.45, 7) is 0. The van der Waals surface area contributed by atoms with Crippen LogP contribution in [0.25, 0.3) is 0 Å². The van der Waals surface area contributed by atoms with E-state index in [1.807, 2.05) is 48.5 Å². The Labute approximate surface area is 160 Å². The third kappa shape index (κ3) is 5.42. The van der Waals surface area contributed by atoms with Crippen molar-refractivity contribution in [3.8, 4) is 12.1 Å². The molecule has 0 aliphatic rings. The highest BCUT2D eigenvalue weighted by atomic mass is 32.2. The van der Waals surface area contributed by atoms with Crippen molar-refractivity contribution >= 4 is 35.3 Å². The van der Waals surface area contributed by atoms with Gasteiger partial charge in [-0.25, -0.2) is 0 Å². The van der Waals surface area contributed by atoms with Crippen LogP contribution < -0.4 is 20.9 Å². The molecule has 0 spiro atoms. The van der Waals surface area contributed by atoms with Crippen LogP contribution in [0.4, 0.5) is 11.4 Å². The first kappa shape index (κ1) is 19.1. The SMILES string of the molecule is N#CC(=C\NSc1ccccc1N)/C(C#N)=C/NSc1ccccc1N. The molecule has 0 aliphatic carbocycles. The first-order chi connectivity index (χ1) is 12.7. The number of nitrogens with two attached hydrogens (primary N) is 2. The van der Waals surface area contributed by atoms with E-state index in [1.165, 1.54) is 36.3 Å². The molecular formula is C18H16N6S2. The quantitative estimate of drug-likeness (QED) is 0.249. The van der Waals surface area contributed by atoms with Crippen molar-refractivity contribution in [2.24, 2.45) is 0 Å². The second-order valence-corrected chi connectivity index (χ2v) is 6.61. The van der Waals surface area contributed by atoms with Gasteiger partial charge in [-0.2, -0.15) is 10.5 Å². The summed E-state index contributed by atoms with van der Waals surface area (Å²) in [7, 11) is 0. The molecular weight excluding hydrogens is 364 g/mol. The molecule has 0 atom stereocenters. The zero-order valence-electron chi connectivity index (χ0n) is 13.6. The van der Waals surface area contributed by atoms with Crippen LogP contribution >= 0.6 is 23.9 Å². The van der Waals surface area contributed by atoms with E-state index in [4.69, 9.17) is 11.5 Å². The maximum atomic E-state index is 9.30. The van der Waals surface area contributed by atoms with E-state index in [9.17, 15) is 10.5 Å². The molecule has 26 heavy (non-hydrogen) atoms. The van der Waals surface area contributed by atoms with Gasteiger partial charge in [-0.15, -0.1) is 0 Å². The smallest absolute Gasteiger partial charge is 0.102 e. The Morgan fingerprint density at radius 3 is 1.50 bits per heavy atom. The Morgan fingerprint density at radius 1 is 0.769 bits per heavy atom. The molecule has 2 rings (SSSR count). The minimum absolute atomic E-state index is 0.198. The fourth-order valence-electron chi connectivity index (χ4n) is 1.79. The van der Waals surface area contributed by atoms with Gasteiger partial charge in [-0.1, -0.05) is 24.3 Å². The van der Waals surface area contributed by atoms with Gasteiger partial charge < -0.3 is 20.9 Å². The average Bonchev–Trinajstić information content (AvgIpc) is 2.66. The zero-order chi connectivity index (χ0) is 18.8. The van der Waals surface area contributed by atoms with E-state index in [1.54, 1.807) is 12.1 Å². The van der Waals surface area contributed by atoms with Gasteiger partial charge in [0.05, 0.1) is 20.9 Å². The van der Waals surface area contributed by atoms with Crippen molar-refractivity contribution in [3.05, 3.63) is 72.1 Å². The minimum Gasteiger partial charge on any atom is -0.398 e. The third-order valence-corrected chi connectivity index (χ3v) is 4.77. The fourth-order valence-corrected chi connectivity index (χ4v) is 3.06. The van der Waals surface area contributed by atoms with Crippen molar-refractivity contribution in [1.29, 1.82) is 10.5 Å². The summed E-state index contributed by atoms with van der Waals surface area (Å²) in [5.74, 6) is 0. The Bertz CT molecular complexity index is 833. The first-order valence-electron chi connectivity index (χ1n) is 7.40. The first-order valence-corrected chi connectivity index (χ1v) is 9.03. The van der Waals surface area contributed by atoms with E-state index >= 15 is 0 Å². The number of hydrogen-bond donors (Lipinski definition) is 4. The topological polar surface area (TPSA) is 124 Å². The molecule has 0 saturated heterocycles. The molecule has 0 radical (unpaired) electrons. The summed E-state index contributed by atoms with van der Waals surface area (Å²) in [6, 6.07) is 18.7. The number of nitrogens with one attached hydrogen (secondary N) is 2. The lowest BCUT2D eigenvalue weighted by atomic mass is 10.1. The summed E-state index contributed by atoms with van der Waals surface area (Å²) in [6.07, 6.45) is 2.94. The number of nitrogen functional groups attached to an aromatic ring is 2. The van der Waals surface area contributed by atoms with E-state index in [0.717, 1.165) is 9.79 Å². The van der Waals surface area contributed by atoms with Gasteiger partial charge in [0.2, 0.25) is 0 Å². The van der Waals surface area contributed by atoms with E-state index in [2.05, 4.69) is 9.44 Å². The maximum absolute atomic E-state index is 9.30. The van der Waals surface area contributed by atoms with Crippen LogP contribution in [0.5, 0.6) is 0 Å². The number of nitrogens with zero attached hydrogens (tertiary/aromatic N) is 2. The molecule has 6 nitrogen and oxygen atoms in total. The molecule has 0 amide bonds. The summed E-state index contributed by atoms with van der Waals surface area (Å²) in [4.78, 5) is 1.66. The Balaban J connectivity index is 2.01. The van der Waals surface area contributed by atoms with Crippen molar-refractivity contribution < 1.29 is 0 Å². The summed E-state index contributed by atoms with van der Waals surface area (Å²) in [5.41, 5.74) is 13.4. The molecule has 6 N–H and O–H groups in total. The predicted octanol–water partition coefficient (Wildman–Crippen LogP) is 3.56. The van der Waals surface area contributed by atoms with Crippen molar-refractivity contribution in [3.63, 3.8) is 0 Å². The second-order valence-electron chi connectivity index (χ2n) is 4.86. The Morgan fingerprint density at radius 2 is 1.15 bits per heavy atom. The molecule has 130 valence electrons. The molecule has 0 bridgehead atoms. The van der Waals surface area contributed by atoms with Crippen LogP contribution in [0.3, 0.4) is 0 Å². The molecule has 8 heteroatoms. The van der Waals surface area contributed by atoms with Crippen LogP contribution in [0, 0.1) is 22.7 Å². The Hall–Kier alpha value is -3.20. The van der Waals surface area contributed by atoms with Crippen LogP contribution in [0.1, 0.15) is 0 Å². The van der Waals surface area contributed by atoms with Crippen LogP contribution in [-0.2, 0) is 0 Å². The van der Waals surface area contributed by atoms with Gasteiger partial charge in [-0.05, 0) is 48.2 Å². The van der Waals surface area contributed by atoms with Crippen molar-refractivity contribution in [2.45, 2.75) is 9.79 Å². The number of para-hydroxylation sites is 2. The number of benzene rings is 2. The number of nitriles is 2. The van der Waals surface area contributed by atoms with Gasteiger partial charge >= 0.3 is 0 Å². The number of anilines is 2. The fraction of sp³-hybridized carbons (Fsp3) is 0. The molecule has 2 aromatic rings. The van der Waals surface area contributed by atoms with Gasteiger partial charge in [0.25, 0.3) is 0 Å². The molecule has 2 aromatic carbocycles. The molecule has 0 aromatic heterocycles. The monoisotopic (exact) mass is 380 g/mol. The third-order valence-electron chi connectivity index (χ3n) is 3.11. The van der Waals surface area contributed by atoms with Gasteiger partial charge in [0.1, 0.15) is 12.1 Å². The predicted molar refractivity (Wildman–Crippen MR) is 107 cm³/mol. The van der Waals surface area contributed by atoms with E-state index in [0.29, 0.717) is 11.4 Å². The molecule has 0 fully saturated rings. The van der Waals surface area contributed by atoms with Gasteiger partial charge in [-0.3, -0.25) is 0 Å². The molecule has 0 heterocycles. The lowest BCUT2D eigenvalue weighted by Crippen LogP contribution is -2.01. The number of rotatable bonds is 7. The van der Waals surface area contributed by atoms with Gasteiger partial charge in [0, 0.05) is 23.8 Å². The molecule has 0 saturated carbocycles. The van der Waals surface area contributed by atoms with E-state index < -0.39 is 0 Å². The normalized spacial score (nSPS) is 11.3. The summed E-state index contributed by atoms with van der Waals surface area (Å²) in [5, 5.41) is 18.6. The van der Waals surface area contributed by atoms with E-state index in [-0.39, 0.29) is 11.1 Å². The largest absolute Gasteiger partial charge is 0.398 e. The zero-order valence-corrected chi connectivity index (χ0v) is 15.3. The minimum atomic E-state index is 0.198. The summed E-state index contributed by atoms with van der Waals surface area (Å²) >= 11 is 2.52. The maximum Gasteiger partial charge on any atom is 0.102 e. The highest BCUT2D eigenvalue weighted by Gasteiger charge is 2.05. The van der Waals surface area contributed by atoms with Crippen LogP contribution in [0.15, 0.2) is 81.9 Å². The average molecular weight is 381 g/mol. The lowest BCUT2D eigenvalue weighted by Gasteiger charge is -2.05. The lowest BCUT2D eigenvalue weighted by molar-refractivity contribution is 1.29.